The summed E-state index contributed by atoms with van der Waals surface area (Å²) < 4.78 is 4.98. The number of benzene rings is 1. The number of carbonyl (C=O) groups excluding carboxylic acids is 1. The largest absolute Gasteiger partial charge is 0.375 e. The molecule has 2 aliphatic heterocycles. The molecule has 0 unspecified atom stereocenters. The second-order valence-electron chi connectivity index (χ2n) is 8.87. The third kappa shape index (κ3) is 5.57. The van der Waals surface area contributed by atoms with Gasteiger partial charge in [-0.2, -0.15) is 0 Å². The topological polar surface area (TPSA) is 70.9 Å². The van der Waals surface area contributed by atoms with E-state index in [4.69, 9.17) is 9.73 Å². The van der Waals surface area contributed by atoms with E-state index in [1.54, 1.807) is 7.11 Å². The van der Waals surface area contributed by atoms with Crippen molar-refractivity contribution < 1.29 is 9.53 Å². The number of ether oxygens (including phenoxy) is 1. The van der Waals surface area contributed by atoms with Gasteiger partial charge in [0.2, 0.25) is 5.91 Å². The summed E-state index contributed by atoms with van der Waals surface area (Å²) in [5, 5.41) is 0. The van der Waals surface area contributed by atoms with Crippen LogP contribution >= 0.6 is 0 Å². The van der Waals surface area contributed by atoms with E-state index >= 15 is 0 Å². The number of aliphatic imine (C=N–C) groups is 1. The molecular formula is C28H33N5O2. The molecule has 1 amide bonds. The van der Waals surface area contributed by atoms with E-state index in [1.165, 1.54) is 16.7 Å². The van der Waals surface area contributed by atoms with Crippen LogP contribution in [0.1, 0.15) is 24.4 Å². The minimum Gasteiger partial charge on any atom is -0.375 e. The number of aryl methyl sites for hydroxylation is 1. The standard InChI is InChI=1S/C27H29N5O2.CH4/c1-19-13-21(5-7-28-19)20-3-4-26-22(14-20)15-24(30-26)16-23-17-25(6-8-29-23)31-9-11-32(12-10-31)27(33)18-34-2;/h3-8,13-14,17H,9-12,15-16,18H2,1-2H3;1H4. The summed E-state index contributed by atoms with van der Waals surface area (Å²) in [7, 11) is 1.56. The number of piperazine rings is 1. The van der Waals surface area contributed by atoms with Gasteiger partial charge in [0.25, 0.3) is 0 Å². The predicted octanol–water partition coefficient (Wildman–Crippen LogP) is 4.25. The van der Waals surface area contributed by atoms with Crippen LogP contribution in [0.25, 0.3) is 11.1 Å². The van der Waals surface area contributed by atoms with Gasteiger partial charge in [0.05, 0.1) is 5.69 Å². The number of hydrogen-bond acceptors (Lipinski definition) is 6. The number of anilines is 1. The molecule has 2 aromatic heterocycles. The molecule has 1 saturated heterocycles. The van der Waals surface area contributed by atoms with Gasteiger partial charge in [0.1, 0.15) is 6.61 Å². The monoisotopic (exact) mass is 471 g/mol. The molecule has 3 aromatic rings. The van der Waals surface area contributed by atoms with E-state index in [2.05, 4.69) is 45.2 Å². The fourth-order valence-electron chi connectivity index (χ4n) is 4.67. The maximum absolute atomic E-state index is 12.1. The second kappa shape index (κ2) is 10.8. The van der Waals surface area contributed by atoms with Crippen LogP contribution < -0.4 is 4.90 Å². The Morgan fingerprint density at radius 3 is 2.51 bits per heavy atom. The smallest absolute Gasteiger partial charge is 0.248 e. The molecule has 4 heterocycles. The lowest BCUT2D eigenvalue weighted by molar-refractivity contribution is -0.135. The number of methoxy groups -OCH3 is 1. The zero-order chi connectivity index (χ0) is 23.5. The lowest BCUT2D eigenvalue weighted by Crippen LogP contribution is -2.49. The molecule has 7 nitrogen and oxygen atoms in total. The quantitative estimate of drug-likeness (QED) is 0.537. The van der Waals surface area contributed by atoms with Crippen LogP contribution in [0, 0.1) is 6.92 Å². The van der Waals surface area contributed by atoms with Crippen molar-refractivity contribution in [1.82, 2.24) is 14.9 Å². The summed E-state index contributed by atoms with van der Waals surface area (Å²) in [4.78, 5) is 30.0. The molecule has 5 rings (SSSR count). The van der Waals surface area contributed by atoms with Gasteiger partial charge in [0, 0.05) is 81.3 Å². The first kappa shape index (κ1) is 24.5. The summed E-state index contributed by atoms with van der Waals surface area (Å²) in [6.45, 7) is 5.20. The molecule has 1 aromatic carbocycles. The van der Waals surface area contributed by atoms with E-state index in [9.17, 15) is 4.79 Å². The zero-order valence-corrected chi connectivity index (χ0v) is 19.7. The highest BCUT2D eigenvalue weighted by Gasteiger charge is 2.22. The van der Waals surface area contributed by atoms with Gasteiger partial charge in [0.15, 0.2) is 0 Å². The maximum Gasteiger partial charge on any atom is 0.248 e. The third-order valence-corrected chi connectivity index (χ3v) is 6.43. The summed E-state index contributed by atoms with van der Waals surface area (Å²) in [6.07, 6.45) is 5.31. The average molecular weight is 472 g/mol. The van der Waals surface area contributed by atoms with Crippen molar-refractivity contribution in [3.63, 3.8) is 0 Å². The normalized spacial score (nSPS) is 14.9. The summed E-state index contributed by atoms with van der Waals surface area (Å²) in [5.74, 6) is 0.0543. The Balaban J connectivity index is 0.00000289. The molecule has 0 spiro atoms. The van der Waals surface area contributed by atoms with Gasteiger partial charge in [-0.3, -0.25) is 19.8 Å². The minimum absolute atomic E-state index is 0. The van der Waals surface area contributed by atoms with Crippen LogP contribution in [0.5, 0.6) is 0 Å². The van der Waals surface area contributed by atoms with Crippen molar-refractivity contribution in [3.8, 4) is 11.1 Å². The SMILES string of the molecule is C.COCC(=O)N1CCN(c2ccnc(CC3=Nc4ccc(-c5ccnc(C)c5)cc4C3)c2)CC1. The van der Waals surface area contributed by atoms with Crippen LogP contribution in [0.2, 0.25) is 0 Å². The maximum atomic E-state index is 12.1. The lowest BCUT2D eigenvalue weighted by atomic mass is 10.00. The second-order valence-corrected chi connectivity index (χ2v) is 8.87. The highest BCUT2D eigenvalue weighted by atomic mass is 16.5. The molecule has 0 aliphatic carbocycles. The van der Waals surface area contributed by atoms with Crippen molar-refractivity contribution >= 4 is 23.0 Å². The average Bonchev–Trinajstić information content (AvgIpc) is 3.26. The van der Waals surface area contributed by atoms with Gasteiger partial charge in [-0.05, 0) is 60.0 Å². The number of aromatic nitrogens is 2. The van der Waals surface area contributed by atoms with E-state index in [-0.39, 0.29) is 19.9 Å². The number of carbonyl (C=O) groups is 1. The van der Waals surface area contributed by atoms with Crippen molar-refractivity contribution in [2.24, 2.45) is 4.99 Å². The number of nitrogens with zero attached hydrogens (tertiary/aromatic N) is 5. The van der Waals surface area contributed by atoms with E-state index in [1.807, 2.05) is 36.4 Å². The highest BCUT2D eigenvalue weighted by Crippen LogP contribution is 2.32. The van der Waals surface area contributed by atoms with E-state index in [0.29, 0.717) is 13.1 Å². The van der Waals surface area contributed by atoms with Gasteiger partial charge in [-0.1, -0.05) is 13.5 Å². The van der Waals surface area contributed by atoms with Crippen LogP contribution in [-0.4, -0.2) is 66.4 Å². The summed E-state index contributed by atoms with van der Waals surface area (Å²) in [6, 6.07) is 14.9. The molecule has 0 N–H and O–H groups in total. The molecular weight excluding hydrogens is 438 g/mol. The first-order chi connectivity index (χ1) is 16.6. The van der Waals surface area contributed by atoms with Crippen LogP contribution in [0.3, 0.4) is 0 Å². The first-order valence-electron chi connectivity index (χ1n) is 11.7. The van der Waals surface area contributed by atoms with Gasteiger partial charge in [-0.25, -0.2) is 0 Å². The minimum atomic E-state index is 0. The molecule has 2 aliphatic rings. The molecule has 0 saturated carbocycles. The number of amides is 1. The zero-order valence-electron chi connectivity index (χ0n) is 19.7. The third-order valence-electron chi connectivity index (χ3n) is 6.43. The van der Waals surface area contributed by atoms with Gasteiger partial charge in [-0.15, -0.1) is 0 Å². The lowest BCUT2D eigenvalue weighted by Gasteiger charge is -2.36. The van der Waals surface area contributed by atoms with Gasteiger partial charge >= 0.3 is 0 Å². The Hall–Kier alpha value is -3.58. The first-order valence-corrected chi connectivity index (χ1v) is 11.7. The number of fused-ring (bicyclic) bond motifs is 1. The Morgan fingerprint density at radius 1 is 0.971 bits per heavy atom. The molecule has 182 valence electrons. The Bertz CT molecular complexity index is 1230. The Kier molecular flexibility index (Phi) is 7.56. The molecule has 1 fully saturated rings. The molecule has 7 heteroatoms. The predicted molar refractivity (Wildman–Crippen MR) is 141 cm³/mol. The van der Waals surface area contributed by atoms with Gasteiger partial charge < -0.3 is 14.5 Å². The molecule has 0 bridgehead atoms. The Labute approximate surface area is 207 Å². The highest BCUT2D eigenvalue weighted by molar-refractivity contribution is 5.95. The van der Waals surface area contributed by atoms with Crippen molar-refractivity contribution in [1.29, 1.82) is 0 Å². The fraction of sp³-hybridized carbons (Fsp3) is 0.357. The van der Waals surface area contributed by atoms with Crippen LogP contribution in [0.15, 0.2) is 59.9 Å². The van der Waals surface area contributed by atoms with Crippen molar-refractivity contribution in [3.05, 3.63) is 71.8 Å². The summed E-state index contributed by atoms with van der Waals surface area (Å²) in [5.41, 5.74) is 9.02. The number of rotatable bonds is 6. The molecule has 0 atom stereocenters. The number of hydrogen-bond donors (Lipinski definition) is 0. The molecule has 0 radical (unpaired) electrons. The Morgan fingerprint density at radius 2 is 1.74 bits per heavy atom. The van der Waals surface area contributed by atoms with E-state index in [0.717, 1.165) is 54.4 Å². The van der Waals surface area contributed by atoms with E-state index < -0.39 is 0 Å². The molecule has 35 heavy (non-hydrogen) atoms. The van der Waals surface area contributed by atoms with Crippen LogP contribution in [0.4, 0.5) is 11.4 Å². The van der Waals surface area contributed by atoms with Crippen LogP contribution in [-0.2, 0) is 22.4 Å². The fourth-order valence-corrected chi connectivity index (χ4v) is 4.67. The number of pyridine rings is 2. The van der Waals surface area contributed by atoms with Crippen molar-refractivity contribution in [2.45, 2.75) is 27.2 Å². The summed E-state index contributed by atoms with van der Waals surface area (Å²) >= 11 is 0. The van der Waals surface area contributed by atoms with Crippen molar-refractivity contribution in [2.75, 3.05) is 44.8 Å².